The Bertz CT molecular complexity index is 598. The predicted octanol–water partition coefficient (Wildman–Crippen LogP) is 2.19. The number of pyridine rings is 1. The van der Waals surface area contributed by atoms with Gasteiger partial charge in [-0.3, -0.25) is 4.90 Å². The Balaban J connectivity index is 1.79. The summed E-state index contributed by atoms with van der Waals surface area (Å²) < 4.78 is 5.29. The lowest BCUT2D eigenvalue weighted by Crippen LogP contribution is -2.16. The molecule has 4 heteroatoms. The molecule has 1 aliphatic heterocycles. The van der Waals surface area contributed by atoms with Crippen molar-refractivity contribution in [3.05, 3.63) is 53.2 Å². The van der Waals surface area contributed by atoms with Crippen molar-refractivity contribution in [2.45, 2.75) is 19.6 Å². The van der Waals surface area contributed by atoms with Crippen molar-refractivity contribution in [3.8, 4) is 5.88 Å². The molecule has 0 unspecified atom stereocenters. The van der Waals surface area contributed by atoms with Gasteiger partial charge in [-0.05, 0) is 23.3 Å². The zero-order chi connectivity index (χ0) is 13.2. The third kappa shape index (κ3) is 2.27. The summed E-state index contributed by atoms with van der Waals surface area (Å²) in [6.07, 6.45) is 1.75. The molecule has 0 radical (unpaired) electrons. The summed E-state index contributed by atoms with van der Waals surface area (Å²) in [6, 6.07) is 10.1. The van der Waals surface area contributed by atoms with Crippen LogP contribution in [0.2, 0.25) is 0 Å². The molecule has 2 N–H and O–H groups in total. The number of nitrogens with two attached hydrogens (primary N) is 1. The van der Waals surface area contributed by atoms with Gasteiger partial charge in [0.1, 0.15) is 0 Å². The van der Waals surface area contributed by atoms with E-state index in [9.17, 15) is 0 Å². The summed E-state index contributed by atoms with van der Waals surface area (Å²) in [4.78, 5) is 6.58. The second-order valence-electron chi connectivity index (χ2n) is 4.80. The SMILES string of the molecule is COc1ncccc1CN1Cc2cccc(N)c2C1. The first-order chi connectivity index (χ1) is 9.28. The molecule has 1 aliphatic rings. The number of fused-ring (bicyclic) bond motifs is 1. The van der Waals surface area contributed by atoms with E-state index in [0.29, 0.717) is 5.88 Å². The molecule has 3 rings (SSSR count). The molecule has 2 aromatic rings. The summed E-state index contributed by atoms with van der Waals surface area (Å²) in [6.45, 7) is 2.64. The minimum Gasteiger partial charge on any atom is -0.481 e. The van der Waals surface area contributed by atoms with Crippen molar-refractivity contribution in [1.82, 2.24) is 9.88 Å². The fourth-order valence-corrected chi connectivity index (χ4v) is 2.60. The minimum atomic E-state index is 0.700. The zero-order valence-electron chi connectivity index (χ0n) is 11.0. The highest BCUT2D eigenvalue weighted by Gasteiger charge is 2.21. The average molecular weight is 255 g/mol. The standard InChI is InChI=1S/C15H17N3O/c1-19-15-12(5-3-7-17-15)9-18-8-11-4-2-6-14(16)13(11)10-18/h2-7H,8-10,16H2,1H3. The van der Waals surface area contributed by atoms with E-state index in [1.54, 1.807) is 13.3 Å². The number of anilines is 1. The van der Waals surface area contributed by atoms with Gasteiger partial charge >= 0.3 is 0 Å². The highest BCUT2D eigenvalue weighted by Crippen LogP contribution is 2.29. The number of hydrogen-bond donors (Lipinski definition) is 1. The van der Waals surface area contributed by atoms with E-state index in [2.05, 4.69) is 22.0 Å². The van der Waals surface area contributed by atoms with Crippen LogP contribution in [0.5, 0.6) is 5.88 Å². The third-order valence-corrected chi connectivity index (χ3v) is 3.52. The molecule has 19 heavy (non-hydrogen) atoms. The summed E-state index contributed by atoms with van der Waals surface area (Å²) >= 11 is 0. The fraction of sp³-hybridized carbons (Fsp3) is 0.267. The van der Waals surface area contributed by atoms with Gasteiger partial charge in [-0.1, -0.05) is 18.2 Å². The third-order valence-electron chi connectivity index (χ3n) is 3.52. The molecule has 1 aromatic carbocycles. The Labute approximate surface area is 112 Å². The van der Waals surface area contributed by atoms with Crippen LogP contribution in [0.15, 0.2) is 36.5 Å². The number of aromatic nitrogens is 1. The Kier molecular flexibility index (Phi) is 3.09. The normalized spacial score (nSPS) is 14.4. The van der Waals surface area contributed by atoms with Gasteiger partial charge in [-0.25, -0.2) is 4.98 Å². The van der Waals surface area contributed by atoms with E-state index >= 15 is 0 Å². The lowest BCUT2D eigenvalue weighted by molar-refractivity contribution is 0.268. The predicted molar refractivity (Wildman–Crippen MR) is 74.6 cm³/mol. The molecule has 1 aromatic heterocycles. The molecular formula is C15H17N3O. The smallest absolute Gasteiger partial charge is 0.217 e. The maximum atomic E-state index is 6.02. The molecule has 0 fully saturated rings. The molecule has 4 nitrogen and oxygen atoms in total. The van der Waals surface area contributed by atoms with Crippen LogP contribution in [0.3, 0.4) is 0 Å². The van der Waals surface area contributed by atoms with E-state index in [-0.39, 0.29) is 0 Å². The number of nitrogens with zero attached hydrogens (tertiary/aromatic N) is 2. The summed E-state index contributed by atoms with van der Waals surface area (Å²) in [5, 5.41) is 0. The highest BCUT2D eigenvalue weighted by atomic mass is 16.5. The second-order valence-corrected chi connectivity index (χ2v) is 4.80. The molecular weight excluding hydrogens is 238 g/mol. The van der Waals surface area contributed by atoms with Crippen LogP contribution >= 0.6 is 0 Å². The van der Waals surface area contributed by atoms with Crippen LogP contribution in [0.4, 0.5) is 5.69 Å². The maximum absolute atomic E-state index is 6.02. The van der Waals surface area contributed by atoms with Crippen LogP contribution in [0, 0.1) is 0 Å². The van der Waals surface area contributed by atoms with Crippen molar-refractivity contribution in [1.29, 1.82) is 0 Å². The van der Waals surface area contributed by atoms with Crippen LogP contribution in [0.1, 0.15) is 16.7 Å². The van der Waals surface area contributed by atoms with Gasteiger partial charge < -0.3 is 10.5 Å². The van der Waals surface area contributed by atoms with Crippen molar-refractivity contribution >= 4 is 5.69 Å². The van der Waals surface area contributed by atoms with Gasteiger partial charge in [0, 0.05) is 37.1 Å². The van der Waals surface area contributed by atoms with E-state index in [1.807, 2.05) is 18.2 Å². The zero-order valence-corrected chi connectivity index (χ0v) is 11.0. The molecule has 0 aliphatic carbocycles. The number of rotatable bonds is 3. The largest absolute Gasteiger partial charge is 0.481 e. The monoisotopic (exact) mass is 255 g/mol. The number of hydrogen-bond acceptors (Lipinski definition) is 4. The van der Waals surface area contributed by atoms with Crippen LogP contribution in [0.25, 0.3) is 0 Å². The highest BCUT2D eigenvalue weighted by molar-refractivity contribution is 5.52. The topological polar surface area (TPSA) is 51.4 Å². The Morgan fingerprint density at radius 2 is 2.16 bits per heavy atom. The van der Waals surface area contributed by atoms with E-state index < -0.39 is 0 Å². The molecule has 98 valence electrons. The molecule has 0 amide bonds. The first-order valence-electron chi connectivity index (χ1n) is 6.34. The van der Waals surface area contributed by atoms with Gasteiger partial charge in [-0.15, -0.1) is 0 Å². The van der Waals surface area contributed by atoms with E-state index in [4.69, 9.17) is 10.5 Å². The Morgan fingerprint density at radius 3 is 2.95 bits per heavy atom. The molecule has 2 heterocycles. The first-order valence-corrected chi connectivity index (χ1v) is 6.34. The number of nitrogen functional groups attached to an aromatic ring is 1. The lowest BCUT2D eigenvalue weighted by atomic mass is 10.1. The quantitative estimate of drug-likeness (QED) is 0.854. The van der Waals surface area contributed by atoms with Crippen LogP contribution in [-0.4, -0.2) is 17.0 Å². The summed E-state index contributed by atoms with van der Waals surface area (Å²) in [5.74, 6) is 0.700. The number of ether oxygens (including phenoxy) is 1. The Morgan fingerprint density at radius 1 is 1.26 bits per heavy atom. The van der Waals surface area contributed by atoms with Gasteiger partial charge in [0.2, 0.25) is 5.88 Å². The molecule has 0 saturated heterocycles. The maximum Gasteiger partial charge on any atom is 0.217 e. The van der Waals surface area contributed by atoms with Crippen molar-refractivity contribution in [2.24, 2.45) is 0 Å². The van der Waals surface area contributed by atoms with Crippen molar-refractivity contribution < 1.29 is 4.74 Å². The summed E-state index contributed by atoms with van der Waals surface area (Å²) in [5.41, 5.74) is 10.6. The molecule has 0 atom stereocenters. The molecule has 0 spiro atoms. The van der Waals surface area contributed by atoms with Gasteiger partial charge in [0.15, 0.2) is 0 Å². The van der Waals surface area contributed by atoms with Crippen LogP contribution < -0.4 is 10.5 Å². The van der Waals surface area contributed by atoms with Gasteiger partial charge in [-0.2, -0.15) is 0 Å². The van der Waals surface area contributed by atoms with Crippen molar-refractivity contribution in [3.63, 3.8) is 0 Å². The van der Waals surface area contributed by atoms with E-state index in [1.165, 1.54) is 11.1 Å². The summed E-state index contributed by atoms with van der Waals surface area (Å²) in [7, 11) is 1.66. The van der Waals surface area contributed by atoms with Crippen LogP contribution in [-0.2, 0) is 19.6 Å². The molecule has 0 bridgehead atoms. The second kappa shape index (κ2) is 4.90. The molecule has 0 saturated carbocycles. The van der Waals surface area contributed by atoms with Gasteiger partial charge in [0.05, 0.1) is 7.11 Å². The average Bonchev–Trinajstić information content (AvgIpc) is 2.83. The van der Waals surface area contributed by atoms with E-state index in [0.717, 1.165) is 30.9 Å². The Hall–Kier alpha value is -2.07. The lowest BCUT2D eigenvalue weighted by Gasteiger charge is -2.16. The first kappa shape index (κ1) is 12.0. The van der Waals surface area contributed by atoms with Crippen molar-refractivity contribution in [2.75, 3.05) is 12.8 Å². The number of methoxy groups -OCH3 is 1. The fourth-order valence-electron chi connectivity index (χ4n) is 2.60. The minimum absolute atomic E-state index is 0.700. The number of benzene rings is 1. The van der Waals surface area contributed by atoms with Gasteiger partial charge in [0.25, 0.3) is 0 Å².